The number of rotatable bonds is 8. The van der Waals surface area contributed by atoms with E-state index in [1.54, 1.807) is 6.26 Å². The SMILES string of the molecule is CCN(CC)C(=O)CC(CN)N(C)Cc1ccco1. The van der Waals surface area contributed by atoms with Gasteiger partial charge in [-0.25, -0.2) is 0 Å². The Morgan fingerprint density at radius 1 is 1.42 bits per heavy atom. The third kappa shape index (κ3) is 4.69. The Hall–Kier alpha value is -1.33. The molecule has 5 nitrogen and oxygen atoms in total. The van der Waals surface area contributed by atoms with Gasteiger partial charge in [-0.1, -0.05) is 0 Å². The molecule has 0 bridgehead atoms. The number of furan rings is 1. The Morgan fingerprint density at radius 3 is 2.58 bits per heavy atom. The first-order valence-corrected chi connectivity index (χ1v) is 6.82. The topological polar surface area (TPSA) is 62.7 Å². The van der Waals surface area contributed by atoms with Crippen molar-refractivity contribution >= 4 is 5.91 Å². The molecule has 1 amide bonds. The van der Waals surface area contributed by atoms with Crippen LogP contribution in [0.2, 0.25) is 0 Å². The van der Waals surface area contributed by atoms with Gasteiger partial charge in [0.2, 0.25) is 5.91 Å². The molecule has 19 heavy (non-hydrogen) atoms. The second kappa shape index (κ2) is 7.96. The summed E-state index contributed by atoms with van der Waals surface area (Å²) in [5, 5.41) is 0. The van der Waals surface area contributed by atoms with Gasteiger partial charge in [-0.15, -0.1) is 0 Å². The third-order valence-electron chi connectivity index (χ3n) is 3.41. The van der Waals surface area contributed by atoms with Gasteiger partial charge in [0.05, 0.1) is 12.8 Å². The standard InChI is InChI=1S/C14H25N3O2/c1-4-17(5-2)14(18)9-12(10-15)16(3)11-13-7-6-8-19-13/h6-8,12H,4-5,9-11,15H2,1-3H3. The van der Waals surface area contributed by atoms with Gasteiger partial charge in [0.15, 0.2) is 0 Å². The quantitative estimate of drug-likeness (QED) is 0.771. The predicted octanol–water partition coefficient (Wildman–Crippen LogP) is 1.30. The average Bonchev–Trinajstić information content (AvgIpc) is 2.90. The van der Waals surface area contributed by atoms with Crippen molar-refractivity contribution in [1.82, 2.24) is 9.80 Å². The van der Waals surface area contributed by atoms with Crippen LogP contribution in [0.1, 0.15) is 26.0 Å². The number of likely N-dealkylation sites (N-methyl/N-ethyl adjacent to an activating group) is 1. The number of nitrogens with two attached hydrogens (primary N) is 1. The van der Waals surface area contributed by atoms with Crippen molar-refractivity contribution in [2.75, 3.05) is 26.7 Å². The molecule has 0 saturated heterocycles. The monoisotopic (exact) mass is 267 g/mol. The van der Waals surface area contributed by atoms with Crippen LogP contribution in [0, 0.1) is 0 Å². The molecule has 0 fully saturated rings. The highest BCUT2D eigenvalue weighted by atomic mass is 16.3. The number of carbonyl (C=O) groups is 1. The lowest BCUT2D eigenvalue weighted by Gasteiger charge is -2.28. The van der Waals surface area contributed by atoms with E-state index in [0.717, 1.165) is 18.8 Å². The molecular weight excluding hydrogens is 242 g/mol. The Morgan fingerprint density at radius 2 is 2.11 bits per heavy atom. The van der Waals surface area contributed by atoms with Gasteiger partial charge in [-0.05, 0) is 33.0 Å². The normalized spacial score (nSPS) is 12.7. The number of carbonyl (C=O) groups excluding carboxylic acids is 1. The smallest absolute Gasteiger partial charge is 0.224 e. The molecule has 108 valence electrons. The van der Waals surface area contributed by atoms with Crippen molar-refractivity contribution in [3.05, 3.63) is 24.2 Å². The van der Waals surface area contributed by atoms with Gasteiger partial charge in [-0.3, -0.25) is 9.69 Å². The fraction of sp³-hybridized carbons (Fsp3) is 0.643. The number of hydrogen-bond donors (Lipinski definition) is 1. The summed E-state index contributed by atoms with van der Waals surface area (Å²) >= 11 is 0. The zero-order chi connectivity index (χ0) is 14.3. The summed E-state index contributed by atoms with van der Waals surface area (Å²) < 4.78 is 5.32. The molecular formula is C14H25N3O2. The van der Waals surface area contributed by atoms with Crippen molar-refractivity contribution in [2.24, 2.45) is 5.73 Å². The maximum absolute atomic E-state index is 12.1. The van der Waals surface area contributed by atoms with Gasteiger partial charge in [0.25, 0.3) is 0 Å². The van der Waals surface area contributed by atoms with Crippen LogP contribution in [-0.2, 0) is 11.3 Å². The molecule has 0 saturated carbocycles. The summed E-state index contributed by atoms with van der Waals surface area (Å²) in [6.45, 7) is 6.60. The Labute approximate surface area is 115 Å². The number of amides is 1. The van der Waals surface area contributed by atoms with E-state index < -0.39 is 0 Å². The predicted molar refractivity (Wildman–Crippen MR) is 75.6 cm³/mol. The molecule has 0 spiro atoms. The van der Waals surface area contributed by atoms with Crippen molar-refractivity contribution in [3.8, 4) is 0 Å². The summed E-state index contributed by atoms with van der Waals surface area (Å²) in [6, 6.07) is 3.83. The van der Waals surface area contributed by atoms with E-state index in [4.69, 9.17) is 10.2 Å². The van der Waals surface area contributed by atoms with Crippen LogP contribution in [0.5, 0.6) is 0 Å². The van der Waals surface area contributed by atoms with Crippen LogP contribution < -0.4 is 5.73 Å². The van der Waals surface area contributed by atoms with E-state index in [-0.39, 0.29) is 11.9 Å². The van der Waals surface area contributed by atoms with E-state index in [0.29, 0.717) is 19.5 Å². The lowest BCUT2D eigenvalue weighted by Crippen LogP contribution is -2.42. The fourth-order valence-electron chi connectivity index (χ4n) is 2.10. The lowest BCUT2D eigenvalue weighted by atomic mass is 10.1. The van der Waals surface area contributed by atoms with Gasteiger partial charge in [-0.2, -0.15) is 0 Å². The molecule has 1 rings (SSSR count). The molecule has 0 aromatic carbocycles. The van der Waals surface area contributed by atoms with Gasteiger partial charge in [0, 0.05) is 32.1 Å². The Kier molecular flexibility index (Phi) is 6.59. The highest BCUT2D eigenvalue weighted by Crippen LogP contribution is 2.10. The first-order chi connectivity index (χ1) is 9.12. The van der Waals surface area contributed by atoms with Crippen LogP contribution in [0.25, 0.3) is 0 Å². The molecule has 1 aromatic rings. The van der Waals surface area contributed by atoms with Crippen LogP contribution in [0.15, 0.2) is 22.8 Å². The lowest BCUT2D eigenvalue weighted by molar-refractivity contribution is -0.132. The van der Waals surface area contributed by atoms with Crippen LogP contribution in [-0.4, -0.2) is 48.4 Å². The maximum atomic E-state index is 12.1. The first kappa shape index (κ1) is 15.7. The minimum atomic E-state index is 0.0400. The Bertz CT molecular complexity index is 361. The summed E-state index contributed by atoms with van der Waals surface area (Å²) in [5.74, 6) is 1.04. The fourth-order valence-corrected chi connectivity index (χ4v) is 2.10. The number of nitrogens with zero attached hydrogens (tertiary/aromatic N) is 2. The van der Waals surface area contributed by atoms with Crippen molar-refractivity contribution in [2.45, 2.75) is 32.9 Å². The molecule has 0 radical (unpaired) electrons. The van der Waals surface area contributed by atoms with Gasteiger partial charge < -0.3 is 15.1 Å². The van der Waals surface area contributed by atoms with E-state index in [9.17, 15) is 4.79 Å². The molecule has 1 atom stereocenters. The summed E-state index contributed by atoms with van der Waals surface area (Å²) in [4.78, 5) is 16.0. The second-order valence-corrected chi connectivity index (χ2v) is 4.65. The van der Waals surface area contributed by atoms with Crippen LogP contribution in [0.3, 0.4) is 0 Å². The second-order valence-electron chi connectivity index (χ2n) is 4.65. The summed E-state index contributed by atoms with van der Waals surface area (Å²) in [5.41, 5.74) is 5.79. The van der Waals surface area contributed by atoms with E-state index >= 15 is 0 Å². The molecule has 0 aliphatic heterocycles. The molecule has 1 unspecified atom stereocenters. The van der Waals surface area contributed by atoms with Gasteiger partial charge >= 0.3 is 0 Å². The maximum Gasteiger partial charge on any atom is 0.224 e. The zero-order valence-corrected chi connectivity index (χ0v) is 12.1. The van der Waals surface area contributed by atoms with Crippen LogP contribution in [0.4, 0.5) is 0 Å². The van der Waals surface area contributed by atoms with E-state index in [2.05, 4.69) is 4.90 Å². The average molecular weight is 267 g/mol. The highest BCUT2D eigenvalue weighted by molar-refractivity contribution is 5.76. The minimum Gasteiger partial charge on any atom is -0.468 e. The minimum absolute atomic E-state index is 0.0400. The van der Waals surface area contributed by atoms with E-state index in [1.807, 2.05) is 37.9 Å². The van der Waals surface area contributed by atoms with E-state index in [1.165, 1.54) is 0 Å². The van der Waals surface area contributed by atoms with Gasteiger partial charge in [0.1, 0.15) is 5.76 Å². The number of hydrogen-bond acceptors (Lipinski definition) is 4. The van der Waals surface area contributed by atoms with Crippen LogP contribution >= 0.6 is 0 Å². The Balaban J connectivity index is 2.54. The van der Waals surface area contributed by atoms with Crippen molar-refractivity contribution in [1.29, 1.82) is 0 Å². The summed E-state index contributed by atoms with van der Waals surface area (Å²) in [6.07, 6.45) is 2.11. The molecule has 5 heteroatoms. The first-order valence-electron chi connectivity index (χ1n) is 6.82. The third-order valence-corrected chi connectivity index (χ3v) is 3.41. The molecule has 1 aromatic heterocycles. The molecule has 1 heterocycles. The molecule has 0 aliphatic rings. The largest absolute Gasteiger partial charge is 0.468 e. The molecule has 2 N–H and O–H groups in total. The summed E-state index contributed by atoms with van der Waals surface area (Å²) in [7, 11) is 1.97. The van der Waals surface area contributed by atoms with Crippen molar-refractivity contribution < 1.29 is 9.21 Å². The van der Waals surface area contributed by atoms with Crippen molar-refractivity contribution in [3.63, 3.8) is 0 Å². The highest BCUT2D eigenvalue weighted by Gasteiger charge is 2.20. The molecule has 0 aliphatic carbocycles. The zero-order valence-electron chi connectivity index (χ0n) is 12.1.